The van der Waals surface area contributed by atoms with Crippen LogP contribution in [0.3, 0.4) is 0 Å². The maximum atomic E-state index is 11.9. The summed E-state index contributed by atoms with van der Waals surface area (Å²) in [5, 5.41) is 129. The Balaban J connectivity index is 0.000000135. The van der Waals surface area contributed by atoms with Crippen LogP contribution in [0.1, 0.15) is 56.1 Å². The zero-order valence-corrected chi connectivity index (χ0v) is 57.6. The van der Waals surface area contributed by atoms with E-state index in [9.17, 15) is 80.1 Å². The fourth-order valence-electron chi connectivity index (χ4n) is 11.9. The molecular formula is C53H63IN32O22. The minimum Gasteiger partial charge on any atom is -0.469 e. The molecule has 5 aliphatic heterocycles. The summed E-state index contributed by atoms with van der Waals surface area (Å²) in [5.41, 5.74) is 35.6. The van der Waals surface area contributed by atoms with Crippen molar-refractivity contribution in [3.8, 4) is 0 Å². The molecule has 0 amide bonds. The van der Waals surface area contributed by atoms with E-state index >= 15 is 0 Å². The first kappa shape index (κ1) is 77.8. The van der Waals surface area contributed by atoms with E-state index in [0.717, 1.165) is 10.9 Å². The zero-order valence-electron chi connectivity index (χ0n) is 55.5. The quantitative estimate of drug-likeness (QED) is 0.0178. The van der Waals surface area contributed by atoms with Gasteiger partial charge in [-0.25, -0.2) is 34.9 Å². The highest BCUT2D eigenvalue weighted by atomic mass is 127. The van der Waals surface area contributed by atoms with Crippen molar-refractivity contribution in [2.24, 2.45) is 15.3 Å². The number of rotatable bonds is 12. The Morgan fingerprint density at radius 2 is 0.815 bits per heavy atom. The fourth-order valence-corrected chi connectivity index (χ4v) is 12.7. The number of fused-ring (bicyclic) bond motifs is 5. The monoisotopic (exact) mass is 1630 g/mol. The molecule has 0 spiro atoms. The number of ether oxygens (including phenoxy) is 5. The van der Waals surface area contributed by atoms with E-state index in [2.05, 4.69) is 111 Å². The molecule has 0 bridgehead atoms. The molecule has 5 aliphatic rings. The lowest BCUT2D eigenvalue weighted by molar-refractivity contribution is -0.123. The number of halogens is 1. The van der Waals surface area contributed by atoms with Crippen LogP contribution in [0, 0.1) is 13.8 Å². The van der Waals surface area contributed by atoms with E-state index in [1.54, 1.807) is 20.8 Å². The van der Waals surface area contributed by atoms with Crippen LogP contribution in [0.15, 0.2) is 83.3 Å². The third-order valence-corrected chi connectivity index (χ3v) is 18.4. The normalized spacial score (nSPS) is 29.8. The van der Waals surface area contributed by atoms with Gasteiger partial charge in [-0.15, -0.1) is 0 Å². The average molecular weight is 1630 g/mol. The van der Waals surface area contributed by atoms with Crippen LogP contribution in [-0.4, -0.2) is 261 Å². The molecule has 15 heterocycles. The van der Waals surface area contributed by atoms with Crippen LogP contribution >= 0.6 is 22.6 Å². The highest BCUT2D eigenvalue weighted by Crippen LogP contribution is 2.44. The molecule has 108 heavy (non-hydrogen) atoms. The highest BCUT2D eigenvalue weighted by Gasteiger charge is 2.57. The number of aliphatic hydroxyl groups excluding tert-OH is 12. The molecule has 15 rings (SSSR count). The van der Waals surface area contributed by atoms with Crippen molar-refractivity contribution in [1.29, 1.82) is 0 Å². The number of aliphatic hydroxyl groups is 12. The second-order valence-electron chi connectivity index (χ2n) is 24.0. The Bertz CT molecular complexity index is 5210. The molecule has 23 N–H and O–H groups in total. The Hall–Kier alpha value is -11.3. The minimum atomic E-state index is -2.07. The number of hydrogen-bond donors (Lipinski definition) is 20. The molecule has 5 fully saturated rings. The molecular weight excluding hydrogens is 1560 g/mol. The SMILES string of the molecule is C=C1O[C@@H](n2cnc3c(=O)[nH]c(C)nc32)[C@H](O)[C@@H]1O.CC[C@@]1(N=[N+]=[N-])O[C@@H](n2cnc3c(=O)[nH]c(N)nc32)[C@H](O)[C@@H]1O.Cc1nc2c(ncn2[C@@H]2O[C@@](CI)(N=[N+]=[N-])[C@@H](O)[C@H]2O)c(=O)[nH]1.Nc1nc2c(ncn2[C@@H]2O[C@H](CO)[C@@H](O)[C@H]2O)c(=O)[nH]1.[N-]=[N+]=N[C@]1(CO)O[C@@H](n2cnc3c(=O)[nH]c(N)nc32)[C@H](O)[C@@H]1O. The smallest absolute Gasteiger partial charge is 0.280 e. The summed E-state index contributed by atoms with van der Waals surface area (Å²) in [7, 11) is 0. The maximum absolute atomic E-state index is 11.9. The van der Waals surface area contributed by atoms with Crippen molar-refractivity contribution in [1.82, 2.24) is 97.6 Å². The first-order valence-corrected chi connectivity index (χ1v) is 32.7. The van der Waals surface area contributed by atoms with Crippen molar-refractivity contribution in [3.63, 3.8) is 0 Å². The molecule has 0 aliphatic carbocycles. The second-order valence-corrected chi connectivity index (χ2v) is 24.8. The Morgan fingerprint density at radius 1 is 0.491 bits per heavy atom. The summed E-state index contributed by atoms with van der Waals surface area (Å²) in [4.78, 5) is 118. The molecule has 0 radical (unpaired) electrons. The summed E-state index contributed by atoms with van der Waals surface area (Å²) in [6.07, 6.45) is -13.8. The molecule has 55 heteroatoms. The molecule has 5 saturated heterocycles. The van der Waals surface area contributed by atoms with Crippen molar-refractivity contribution < 1.29 is 85.0 Å². The molecule has 0 unspecified atom stereocenters. The first-order valence-electron chi connectivity index (χ1n) is 31.2. The Kier molecular flexibility index (Phi) is 22.0. The molecule has 0 saturated carbocycles. The first-order chi connectivity index (χ1) is 51.3. The number of alkyl halides is 1. The summed E-state index contributed by atoms with van der Waals surface area (Å²) in [5.74, 6) is 0.449. The Labute approximate surface area is 608 Å². The van der Waals surface area contributed by atoms with Gasteiger partial charge in [0.05, 0.1) is 38.5 Å². The lowest BCUT2D eigenvalue weighted by Gasteiger charge is -2.24. The molecule has 10 aromatic heterocycles. The van der Waals surface area contributed by atoms with Gasteiger partial charge in [0.15, 0.2) is 92.2 Å². The lowest BCUT2D eigenvalue weighted by atomic mass is 10.0. The van der Waals surface area contributed by atoms with Crippen LogP contribution in [0.25, 0.3) is 87.1 Å². The predicted octanol–water partition coefficient (Wildman–Crippen LogP) is -6.05. The van der Waals surface area contributed by atoms with Gasteiger partial charge >= 0.3 is 0 Å². The number of azide groups is 3. The lowest BCUT2D eigenvalue weighted by Crippen LogP contribution is -2.44. The van der Waals surface area contributed by atoms with Gasteiger partial charge in [-0.2, -0.15) is 15.0 Å². The van der Waals surface area contributed by atoms with Crippen molar-refractivity contribution in [2.45, 2.75) is 143 Å². The summed E-state index contributed by atoms with van der Waals surface area (Å²) in [6, 6.07) is 0. The van der Waals surface area contributed by atoms with Gasteiger partial charge in [0, 0.05) is 19.2 Å². The number of nitrogens with one attached hydrogen (secondary N) is 5. The number of nitrogen functional groups attached to an aromatic ring is 3. The van der Waals surface area contributed by atoms with Gasteiger partial charge in [-0.3, -0.25) is 61.8 Å². The standard InChI is InChI=1S/C11H12IN7O4.C11H14N8O4.C11H12N4O4.C10H12N8O5.C10H13N5O5/c1-4-15-8-5(9(22)16-4)14-3-19(8)10-6(20)7(21)11(2-12,23-10)17-18-13;1-2-11(17-18-13)6(21)5(20)9(23-11)19-3-14-4-7(19)15-10(12)16-8(4)22;1-4-7(16)8(17)11(19-4)15-3-12-6-9(15)13-5(2)14-10(6)18;11-9-14-6-3(7(22)15-9)13-2-18(6)8-4(20)5(21)10(1-19,23-8)16-17-12;11-10-13-7-4(8(19)14-10)12-2-15(7)9-6(18)5(17)3(1-16)20-9/h3,6-7,10,20-21H,2H2,1H3,(H,15,16,22);3,5-6,9,20-21H,2H2,1H3,(H3,12,15,16,22);3,7-8,11,16-17H,1H2,2H3,(H,13,14,18);2,4-5,8,19-21H,1H2,(H3,11,14,15,22);2-3,5-6,9,16-18H,1H2,(H3,11,13,14,19)/t6-,7+,10-,11-;5-,6+,9-,11-;7-,8-,11-;4-,5+,8-,10-;3-,5-,6-,9-/m11111/s1. The predicted molar refractivity (Wildman–Crippen MR) is 366 cm³/mol. The number of nitrogens with zero attached hydrogens (tertiary/aromatic N) is 24. The van der Waals surface area contributed by atoms with Crippen LogP contribution < -0.4 is 45.0 Å². The number of hydrogen-bond acceptors (Lipinski definition) is 38. The van der Waals surface area contributed by atoms with Gasteiger partial charge < -0.3 is 112 Å². The van der Waals surface area contributed by atoms with Gasteiger partial charge in [-0.1, -0.05) is 51.4 Å². The maximum Gasteiger partial charge on any atom is 0.280 e. The summed E-state index contributed by atoms with van der Waals surface area (Å²) >= 11 is 1.89. The van der Waals surface area contributed by atoms with Gasteiger partial charge in [0.2, 0.25) is 29.8 Å². The number of nitrogens with two attached hydrogens (primary N) is 3. The number of aromatic amines is 5. The van der Waals surface area contributed by atoms with E-state index in [0.29, 0.717) is 11.6 Å². The molecule has 10 aromatic rings. The summed E-state index contributed by atoms with van der Waals surface area (Å²) in [6.45, 7) is 7.07. The number of anilines is 3. The third kappa shape index (κ3) is 13.8. The fraction of sp³-hybridized carbons (Fsp3) is 0.491. The van der Waals surface area contributed by atoms with Crippen LogP contribution in [0.5, 0.6) is 0 Å². The number of imidazole rings is 5. The van der Waals surface area contributed by atoms with E-state index < -0.39 is 151 Å². The largest absolute Gasteiger partial charge is 0.469 e. The second kappa shape index (κ2) is 30.5. The van der Waals surface area contributed by atoms with E-state index in [1.165, 1.54) is 43.6 Å². The van der Waals surface area contributed by atoms with Crippen molar-refractivity contribution in [2.75, 3.05) is 34.8 Å². The average Bonchev–Trinajstić information content (AvgIpc) is 1.62. The minimum absolute atomic E-state index is 0.00210. The molecule has 54 nitrogen and oxygen atoms in total. The summed E-state index contributed by atoms with van der Waals surface area (Å²) < 4.78 is 33.8. The van der Waals surface area contributed by atoms with Crippen molar-refractivity contribution >= 4 is 96.3 Å². The zero-order chi connectivity index (χ0) is 78.5. The molecule has 19 atom stereocenters. The molecule has 574 valence electrons. The van der Waals surface area contributed by atoms with Gasteiger partial charge in [-0.05, 0) is 36.9 Å². The van der Waals surface area contributed by atoms with Gasteiger partial charge in [0.1, 0.15) is 90.9 Å². The number of aryl methyl sites for hydroxylation is 2. The van der Waals surface area contributed by atoms with E-state index in [-0.39, 0.29) is 95.8 Å². The topological polar surface area (TPSA) is 831 Å². The third-order valence-electron chi connectivity index (χ3n) is 17.3. The van der Waals surface area contributed by atoms with Crippen LogP contribution in [0.2, 0.25) is 0 Å². The number of aromatic nitrogens is 20. The number of H-pyrrole nitrogens is 5. The van der Waals surface area contributed by atoms with Crippen molar-refractivity contribution in [3.05, 3.63) is 139 Å². The highest BCUT2D eigenvalue weighted by molar-refractivity contribution is 14.1. The molecule has 0 aromatic carbocycles. The van der Waals surface area contributed by atoms with Crippen LogP contribution in [0.4, 0.5) is 17.8 Å². The van der Waals surface area contributed by atoms with Gasteiger partial charge in [0.25, 0.3) is 27.8 Å². The van der Waals surface area contributed by atoms with E-state index in [1.807, 2.05) is 22.6 Å². The Morgan fingerprint density at radius 3 is 1.16 bits per heavy atom. The van der Waals surface area contributed by atoms with Crippen LogP contribution in [-0.2, 0) is 23.7 Å². The van der Waals surface area contributed by atoms with E-state index in [4.69, 9.17) is 62.6 Å².